The third-order valence-electron chi connectivity index (χ3n) is 5.06. The lowest BCUT2D eigenvalue weighted by molar-refractivity contribution is -0.119. The van der Waals surface area contributed by atoms with Crippen molar-refractivity contribution < 1.29 is 4.79 Å². The highest BCUT2D eigenvalue weighted by atomic mass is 35.5. The van der Waals surface area contributed by atoms with Gasteiger partial charge in [0.25, 0.3) is 0 Å². The van der Waals surface area contributed by atoms with Gasteiger partial charge in [0.2, 0.25) is 5.91 Å². The SMILES string of the molecule is CC(=O)NCC1CCCN(CC2CNNC2c2ccc(Cl)cc2)C1. The third-order valence-corrected chi connectivity index (χ3v) is 5.31. The van der Waals surface area contributed by atoms with Crippen LogP contribution >= 0.6 is 11.6 Å². The Morgan fingerprint density at radius 2 is 2.17 bits per heavy atom. The molecule has 1 aromatic rings. The average molecular weight is 351 g/mol. The number of piperidine rings is 1. The number of hydrogen-bond acceptors (Lipinski definition) is 4. The number of carbonyl (C=O) groups is 1. The largest absolute Gasteiger partial charge is 0.356 e. The van der Waals surface area contributed by atoms with E-state index in [0.29, 0.717) is 17.9 Å². The summed E-state index contributed by atoms with van der Waals surface area (Å²) in [4.78, 5) is 13.7. The first-order chi connectivity index (χ1) is 11.6. The van der Waals surface area contributed by atoms with E-state index in [4.69, 9.17) is 11.6 Å². The third kappa shape index (κ3) is 4.70. The van der Waals surface area contributed by atoms with Crippen LogP contribution < -0.4 is 16.2 Å². The molecule has 3 N–H and O–H groups in total. The van der Waals surface area contributed by atoms with Crippen molar-refractivity contribution >= 4 is 17.5 Å². The van der Waals surface area contributed by atoms with Crippen molar-refractivity contribution in [1.82, 2.24) is 21.1 Å². The molecular weight excluding hydrogens is 324 g/mol. The molecule has 2 aliphatic rings. The van der Waals surface area contributed by atoms with Crippen LogP contribution in [-0.2, 0) is 4.79 Å². The van der Waals surface area contributed by atoms with E-state index in [0.717, 1.165) is 37.7 Å². The van der Waals surface area contributed by atoms with Crippen LogP contribution in [0.2, 0.25) is 5.02 Å². The van der Waals surface area contributed by atoms with Gasteiger partial charge < -0.3 is 10.2 Å². The molecule has 0 aromatic heterocycles. The van der Waals surface area contributed by atoms with Crippen molar-refractivity contribution in [1.29, 1.82) is 0 Å². The predicted octanol–water partition coefficient (Wildman–Crippen LogP) is 1.95. The van der Waals surface area contributed by atoms with E-state index >= 15 is 0 Å². The van der Waals surface area contributed by atoms with Crippen LogP contribution in [0.25, 0.3) is 0 Å². The number of hydrogen-bond donors (Lipinski definition) is 3. The maximum atomic E-state index is 11.1. The molecule has 1 aromatic carbocycles. The summed E-state index contributed by atoms with van der Waals surface area (Å²) in [5, 5.41) is 3.74. The molecule has 3 atom stereocenters. The topological polar surface area (TPSA) is 56.4 Å². The maximum Gasteiger partial charge on any atom is 0.216 e. The van der Waals surface area contributed by atoms with E-state index < -0.39 is 0 Å². The van der Waals surface area contributed by atoms with Crippen LogP contribution in [0.15, 0.2) is 24.3 Å². The van der Waals surface area contributed by atoms with Gasteiger partial charge in [-0.3, -0.25) is 10.2 Å². The minimum Gasteiger partial charge on any atom is -0.356 e. The molecule has 5 nitrogen and oxygen atoms in total. The number of amides is 1. The molecule has 24 heavy (non-hydrogen) atoms. The van der Waals surface area contributed by atoms with Gasteiger partial charge in [-0.05, 0) is 43.0 Å². The van der Waals surface area contributed by atoms with Crippen LogP contribution in [0.1, 0.15) is 31.4 Å². The summed E-state index contributed by atoms with van der Waals surface area (Å²) in [6, 6.07) is 8.44. The van der Waals surface area contributed by atoms with Gasteiger partial charge in [-0.15, -0.1) is 0 Å². The van der Waals surface area contributed by atoms with E-state index in [1.165, 1.54) is 18.4 Å². The summed E-state index contributed by atoms with van der Waals surface area (Å²) in [5.41, 5.74) is 8.00. The van der Waals surface area contributed by atoms with E-state index in [1.54, 1.807) is 6.92 Å². The molecule has 0 radical (unpaired) electrons. The molecular formula is C18H27ClN4O. The highest BCUT2D eigenvalue weighted by Crippen LogP contribution is 2.28. The quantitative estimate of drug-likeness (QED) is 0.759. The Morgan fingerprint density at radius 1 is 1.38 bits per heavy atom. The Bertz CT molecular complexity index is 550. The molecule has 0 bridgehead atoms. The second kappa shape index (κ2) is 8.30. The van der Waals surface area contributed by atoms with Crippen molar-refractivity contribution in [3.8, 4) is 0 Å². The van der Waals surface area contributed by atoms with E-state index in [2.05, 4.69) is 33.2 Å². The van der Waals surface area contributed by atoms with Crippen LogP contribution in [0.5, 0.6) is 0 Å². The fourth-order valence-electron chi connectivity index (χ4n) is 3.83. The summed E-state index contributed by atoms with van der Waals surface area (Å²) in [6.07, 6.45) is 2.42. The number of nitrogens with one attached hydrogen (secondary N) is 3. The van der Waals surface area contributed by atoms with Crippen molar-refractivity contribution in [3.05, 3.63) is 34.9 Å². The van der Waals surface area contributed by atoms with E-state index in [-0.39, 0.29) is 5.91 Å². The fraction of sp³-hybridized carbons (Fsp3) is 0.611. The van der Waals surface area contributed by atoms with Crippen molar-refractivity contribution in [2.24, 2.45) is 11.8 Å². The van der Waals surface area contributed by atoms with Crippen LogP contribution in [-0.4, -0.2) is 43.5 Å². The molecule has 6 heteroatoms. The first-order valence-corrected chi connectivity index (χ1v) is 9.20. The Morgan fingerprint density at radius 3 is 2.92 bits per heavy atom. The monoisotopic (exact) mass is 350 g/mol. The minimum atomic E-state index is 0.0686. The average Bonchev–Trinajstić information content (AvgIpc) is 3.02. The molecule has 0 spiro atoms. The lowest BCUT2D eigenvalue weighted by Crippen LogP contribution is -2.43. The number of hydrazine groups is 1. The zero-order valence-corrected chi connectivity index (χ0v) is 15.0. The van der Waals surface area contributed by atoms with Gasteiger partial charge in [-0.1, -0.05) is 23.7 Å². The molecule has 132 valence electrons. The second-order valence-electron chi connectivity index (χ2n) is 7.02. The molecule has 2 fully saturated rings. The lowest BCUT2D eigenvalue weighted by atomic mass is 9.92. The second-order valence-corrected chi connectivity index (χ2v) is 7.46. The van der Waals surface area contributed by atoms with Crippen LogP contribution in [0, 0.1) is 11.8 Å². The number of carbonyl (C=O) groups excluding carboxylic acids is 1. The first kappa shape index (κ1) is 17.7. The number of likely N-dealkylation sites (tertiary alicyclic amines) is 1. The van der Waals surface area contributed by atoms with Gasteiger partial charge in [0.05, 0.1) is 6.04 Å². The molecule has 0 aliphatic carbocycles. The molecule has 3 rings (SSSR count). The van der Waals surface area contributed by atoms with E-state index in [1.807, 2.05) is 12.1 Å². The number of benzene rings is 1. The van der Waals surface area contributed by atoms with Crippen LogP contribution in [0.4, 0.5) is 0 Å². The minimum absolute atomic E-state index is 0.0686. The Hall–Kier alpha value is -1.14. The molecule has 1 amide bonds. The van der Waals surface area contributed by atoms with Crippen molar-refractivity contribution in [2.45, 2.75) is 25.8 Å². The Labute approximate surface area is 149 Å². The van der Waals surface area contributed by atoms with Crippen molar-refractivity contribution in [2.75, 3.05) is 32.7 Å². The number of rotatable bonds is 5. The van der Waals surface area contributed by atoms with Gasteiger partial charge in [-0.2, -0.15) is 0 Å². The standard InChI is InChI=1S/C18H27ClN4O/c1-13(24)20-9-14-3-2-8-23(11-14)12-16-10-21-22-18(16)15-4-6-17(19)7-5-15/h4-7,14,16,18,21-22H,2-3,8-12H2,1H3,(H,20,24). The van der Waals surface area contributed by atoms with Gasteiger partial charge in [0, 0.05) is 44.0 Å². The van der Waals surface area contributed by atoms with Crippen molar-refractivity contribution in [3.63, 3.8) is 0 Å². The smallest absolute Gasteiger partial charge is 0.216 e. The number of halogens is 1. The normalized spacial score (nSPS) is 28.0. The Balaban J connectivity index is 1.56. The number of nitrogens with zero attached hydrogens (tertiary/aromatic N) is 1. The van der Waals surface area contributed by atoms with Gasteiger partial charge in [-0.25, -0.2) is 5.43 Å². The summed E-state index contributed by atoms with van der Waals surface area (Å²) in [6.45, 7) is 6.66. The zero-order chi connectivity index (χ0) is 16.9. The Kier molecular flexibility index (Phi) is 6.11. The predicted molar refractivity (Wildman–Crippen MR) is 96.7 cm³/mol. The highest BCUT2D eigenvalue weighted by molar-refractivity contribution is 6.30. The highest BCUT2D eigenvalue weighted by Gasteiger charge is 2.31. The first-order valence-electron chi connectivity index (χ1n) is 8.82. The molecule has 2 heterocycles. The summed E-state index contributed by atoms with van der Waals surface area (Å²) < 4.78 is 0. The zero-order valence-electron chi connectivity index (χ0n) is 14.2. The molecule has 3 unspecified atom stereocenters. The van der Waals surface area contributed by atoms with Gasteiger partial charge in [0.1, 0.15) is 0 Å². The summed E-state index contributed by atoms with van der Waals surface area (Å²) in [7, 11) is 0. The fourth-order valence-corrected chi connectivity index (χ4v) is 3.96. The molecule has 2 saturated heterocycles. The lowest BCUT2D eigenvalue weighted by Gasteiger charge is -2.35. The summed E-state index contributed by atoms with van der Waals surface area (Å²) in [5.74, 6) is 1.17. The molecule has 0 saturated carbocycles. The van der Waals surface area contributed by atoms with Gasteiger partial charge >= 0.3 is 0 Å². The van der Waals surface area contributed by atoms with Gasteiger partial charge in [0.15, 0.2) is 0 Å². The summed E-state index contributed by atoms with van der Waals surface area (Å²) >= 11 is 6.00. The molecule has 2 aliphatic heterocycles. The van der Waals surface area contributed by atoms with Crippen LogP contribution in [0.3, 0.4) is 0 Å². The maximum absolute atomic E-state index is 11.1. The van der Waals surface area contributed by atoms with E-state index in [9.17, 15) is 4.79 Å².